The zero-order chi connectivity index (χ0) is 12.8. The average Bonchev–Trinajstić information content (AvgIpc) is 2.28. The van der Waals surface area contributed by atoms with Crippen molar-refractivity contribution in [3.63, 3.8) is 0 Å². The summed E-state index contributed by atoms with van der Waals surface area (Å²) in [5, 5.41) is 11.2. The molecule has 17 heavy (non-hydrogen) atoms. The van der Waals surface area contributed by atoms with Gasteiger partial charge in [0.1, 0.15) is 0 Å². The summed E-state index contributed by atoms with van der Waals surface area (Å²) >= 11 is 5.78. The summed E-state index contributed by atoms with van der Waals surface area (Å²) in [4.78, 5) is 21.2. The van der Waals surface area contributed by atoms with Crippen molar-refractivity contribution in [1.82, 2.24) is 0 Å². The molecular weight excluding hydrogens is 246 g/mol. The third-order valence-corrected chi connectivity index (χ3v) is 2.53. The Morgan fingerprint density at radius 1 is 1.53 bits per heavy atom. The van der Waals surface area contributed by atoms with Gasteiger partial charge in [-0.15, -0.1) is 0 Å². The minimum atomic E-state index is -0.455. The highest BCUT2D eigenvalue weighted by Crippen LogP contribution is 2.24. The maximum absolute atomic E-state index is 10.9. The predicted molar refractivity (Wildman–Crippen MR) is 63.1 cm³/mol. The van der Waals surface area contributed by atoms with Crippen molar-refractivity contribution in [2.24, 2.45) is 0 Å². The van der Waals surface area contributed by atoms with Crippen LogP contribution in [0.1, 0.15) is 18.4 Å². The number of ether oxygens (including phenoxy) is 1. The number of carbonyl (C=O) groups excluding carboxylic acids is 1. The molecule has 1 aromatic carbocycles. The molecule has 0 radical (unpaired) electrons. The maximum Gasteiger partial charge on any atom is 0.305 e. The number of carbonyl (C=O) groups is 1. The lowest BCUT2D eigenvalue weighted by Crippen LogP contribution is -2.02. The Labute approximate surface area is 103 Å². The second-order valence-electron chi connectivity index (χ2n) is 3.46. The molecule has 1 aromatic rings. The smallest absolute Gasteiger partial charge is 0.305 e. The van der Waals surface area contributed by atoms with E-state index < -0.39 is 4.92 Å². The fourth-order valence-electron chi connectivity index (χ4n) is 1.46. The van der Waals surface area contributed by atoms with Crippen LogP contribution in [0.15, 0.2) is 18.2 Å². The summed E-state index contributed by atoms with van der Waals surface area (Å²) in [7, 11) is 1.31. The number of nitro groups is 1. The number of methoxy groups -OCH3 is 1. The number of nitrogens with zero attached hydrogens (tertiary/aromatic N) is 1. The van der Waals surface area contributed by atoms with Gasteiger partial charge >= 0.3 is 5.97 Å². The first-order valence-corrected chi connectivity index (χ1v) is 5.42. The Kier molecular flexibility index (Phi) is 4.90. The molecule has 6 heteroatoms. The van der Waals surface area contributed by atoms with Crippen LogP contribution in [0, 0.1) is 10.1 Å². The molecule has 0 spiro atoms. The molecule has 0 atom stereocenters. The van der Waals surface area contributed by atoms with Crippen LogP contribution in [-0.2, 0) is 16.0 Å². The molecule has 0 saturated heterocycles. The van der Waals surface area contributed by atoms with Gasteiger partial charge in [0.25, 0.3) is 5.69 Å². The van der Waals surface area contributed by atoms with Crippen LogP contribution in [0.3, 0.4) is 0 Å². The lowest BCUT2D eigenvalue weighted by Gasteiger charge is -2.03. The van der Waals surface area contributed by atoms with Gasteiger partial charge in [0.15, 0.2) is 0 Å². The topological polar surface area (TPSA) is 69.4 Å². The second-order valence-corrected chi connectivity index (χ2v) is 3.90. The summed E-state index contributed by atoms with van der Waals surface area (Å²) in [5.41, 5.74) is 0.561. The Bertz CT molecular complexity index is 433. The molecule has 1 rings (SSSR count). The third kappa shape index (κ3) is 4.03. The van der Waals surface area contributed by atoms with E-state index in [2.05, 4.69) is 4.74 Å². The molecule has 0 saturated carbocycles. The van der Waals surface area contributed by atoms with E-state index in [0.717, 1.165) is 0 Å². The molecule has 0 aromatic heterocycles. The Hall–Kier alpha value is -1.62. The van der Waals surface area contributed by atoms with Crippen LogP contribution in [0.25, 0.3) is 0 Å². The summed E-state index contributed by atoms with van der Waals surface area (Å²) in [6.45, 7) is 0. The SMILES string of the molecule is COC(=O)CCCc1cc(Cl)ccc1[N+](=O)[O-]. The van der Waals surface area contributed by atoms with E-state index in [0.29, 0.717) is 23.4 Å². The summed E-state index contributed by atoms with van der Waals surface area (Å²) in [6, 6.07) is 4.40. The van der Waals surface area contributed by atoms with Gasteiger partial charge in [-0.2, -0.15) is 0 Å². The molecule has 0 aliphatic rings. The summed E-state index contributed by atoms with van der Waals surface area (Å²) in [5.74, 6) is -0.324. The number of rotatable bonds is 5. The Morgan fingerprint density at radius 2 is 2.24 bits per heavy atom. The number of hydrogen-bond acceptors (Lipinski definition) is 4. The van der Waals surface area contributed by atoms with Gasteiger partial charge in [-0.25, -0.2) is 0 Å². The zero-order valence-electron chi connectivity index (χ0n) is 9.31. The van der Waals surface area contributed by atoms with Crippen LogP contribution >= 0.6 is 11.6 Å². The average molecular weight is 258 g/mol. The van der Waals surface area contributed by atoms with E-state index >= 15 is 0 Å². The first kappa shape index (κ1) is 13.4. The quantitative estimate of drug-likeness (QED) is 0.462. The highest BCUT2D eigenvalue weighted by Gasteiger charge is 2.14. The van der Waals surface area contributed by atoms with Crippen molar-refractivity contribution in [2.45, 2.75) is 19.3 Å². The van der Waals surface area contributed by atoms with E-state index in [9.17, 15) is 14.9 Å². The van der Waals surface area contributed by atoms with Gasteiger partial charge in [-0.05, 0) is 25.0 Å². The number of halogens is 1. The second kappa shape index (κ2) is 6.20. The van der Waals surface area contributed by atoms with Crippen LogP contribution in [0.4, 0.5) is 5.69 Å². The van der Waals surface area contributed by atoms with Crippen molar-refractivity contribution in [1.29, 1.82) is 0 Å². The number of benzene rings is 1. The Balaban J connectivity index is 2.72. The van der Waals surface area contributed by atoms with Crippen molar-refractivity contribution in [3.05, 3.63) is 38.9 Å². The first-order chi connectivity index (χ1) is 8.04. The van der Waals surface area contributed by atoms with E-state index in [1.54, 1.807) is 6.07 Å². The van der Waals surface area contributed by atoms with Crippen LogP contribution in [0.5, 0.6) is 0 Å². The van der Waals surface area contributed by atoms with Gasteiger partial charge in [-0.1, -0.05) is 11.6 Å². The first-order valence-electron chi connectivity index (χ1n) is 5.04. The largest absolute Gasteiger partial charge is 0.469 e. The van der Waals surface area contributed by atoms with E-state index in [-0.39, 0.29) is 18.1 Å². The van der Waals surface area contributed by atoms with Crippen LogP contribution in [0.2, 0.25) is 5.02 Å². The molecule has 0 amide bonds. The summed E-state index contributed by atoms with van der Waals surface area (Å²) < 4.78 is 4.49. The predicted octanol–water partition coefficient (Wildman–Crippen LogP) is 2.74. The number of nitro benzene ring substituents is 1. The highest BCUT2D eigenvalue weighted by atomic mass is 35.5. The van der Waals surface area contributed by atoms with E-state index in [1.807, 2.05) is 0 Å². The minimum Gasteiger partial charge on any atom is -0.469 e. The van der Waals surface area contributed by atoms with Crippen LogP contribution in [-0.4, -0.2) is 18.0 Å². The molecule has 0 bridgehead atoms. The molecule has 0 aliphatic carbocycles. The molecular formula is C11H12ClNO4. The van der Waals surface area contributed by atoms with E-state index in [1.165, 1.54) is 19.2 Å². The standard InChI is InChI=1S/C11H12ClNO4/c1-17-11(14)4-2-3-8-7-9(12)5-6-10(8)13(15)16/h5-7H,2-4H2,1H3. The monoisotopic (exact) mass is 257 g/mol. The fourth-order valence-corrected chi connectivity index (χ4v) is 1.65. The van der Waals surface area contributed by atoms with Crippen molar-refractivity contribution in [2.75, 3.05) is 7.11 Å². The van der Waals surface area contributed by atoms with Gasteiger partial charge in [0, 0.05) is 23.1 Å². The summed E-state index contributed by atoms with van der Waals surface area (Å²) in [6.07, 6.45) is 1.15. The maximum atomic E-state index is 10.9. The van der Waals surface area contributed by atoms with Gasteiger partial charge in [0.05, 0.1) is 12.0 Å². The lowest BCUT2D eigenvalue weighted by atomic mass is 10.1. The Morgan fingerprint density at radius 3 is 2.82 bits per heavy atom. The molecule has 0 N–H and O–H groups in total. The normalized spacial score (nSPS) is 10.0. The zero-order valence-corrected chi connectivity index (χ0v) is 10.1. The van der Waals surface area contributed by atoms with E-state index in [4.69, 9.17) is 11.6 Å². The van der Waals surface area contributed by atoms with Gasteiger partial charge in [0.2, 0.25) is 0 Å². The highest BCUT2D eigenvalue weighted by molar-refractivity contribution is 6.30. The lowest BCUT2D eigenvalue weighted by molar-refractivity contribution is -0.385. The number of hydrogen-bond donors (Lipinski definition) is 0. The fraction of sp³-hybridized carbons (Fsp3) is 0.364. The van der Waals surface area contributed by atoms with Crippen molar-refractivity contribution < 1.29 is 14.5 Å². The van der Waals surface area contributed by atoms with Crippen LogP contribution < -0.4 is 0 Å². The van der Waals surface area contributed by atoms with Gasteiger partial charge in [-0.3, -0.25) is 14.9 Å². The molecule has 5 nitrogen and oxygen atoms in total. The third-order valence-electron chi connectivity index (χ3n) is 2.29. The van der Waals surface area contributed by atoms with Crippen molar-refractivity contribution >= 4 is 23.3 Å². The minimum absolute atomic E-state index is 0.0271. The molecule has 0 heterocycles. The molecule has 0 aliphatic heterocycles. The number of aryl methyl sites for hydroxylation is 1. The molecule has 0 fully saturated rings. The molecule has 0 unspecified atom stereocenters. The molecule has 92 valence electrons. The van der Waals surface area contributed by atoms with Crippen molar-refractivity contribution in [3.8, 4) is 0 Å². The van der Waals surface area contributed by atoms with Gasteiger partial charge < -0.3 is 4.74 Å². The number of esters is 1.